The van der Waals surface area contributed by atoms with E-state index in [1.165, 1.54) is 17.2 Å². The van der Waals surface area contributed by atoms with E-state index < -0.39 is 11.8 Å². The van der Waals surface area contributed by atoms with E-state index in [1.54, 1.807) is 24.2 Å². The minimum absolute atomic E-state index is 0.0626. The van der Waals surface area contributed by atoms with Crippen molar-refractivity contribution in [3.8, 4) is 5.75 Å². The van der Waals surface area contributed by atoms with Crippen LogP contribution < -0.4 is 10.1 Å². The van der Waals surface area contributed by atoms with Gasteiger partial charge in [-0.3, -0.25) is 4.79 Å². The summed E-state index contributed by atoms with van der Waals surface area (Å²) < 4.78 is 36.8. The fraction of sp³-hybridized carbons (Fsp3) is 0.607. The summed E-state index contributed by atoms with van der Waals surface area (Å²) in [5, 5.41) is 3.79. The fourth-order valence-electron chi connectivity index (χ4n) is 9.36. The molecule has 4 nitrogen and oxygen atoms in total. The van der Waals surface area contributed by atoms with Crippen LogP contribution in [0, 0.1) is 17.3 Å². The van der Waals surface area contributed by atoms with Gasteiger partial charge in [-0.05, 0) is 86.6 Å². The highest BCUT2D eigenvalue weighted by Crippen LogP contribution is 2.74. The van der Waals surface area contributed by atoms with E-state index in [1.807, 2.05) is 6.07 Å². The molecule has 2 heterocycles. The number of halogens is 2. The Morgan fingerprint density at radius 3 is 2.94 bits per heavy atom. The number of nitrogens with one attached hydrogen (secondary N) is 1. The van der Waals surface area contributed by atoms with E-state index in [-0.39, 0.29) is 22.4 Å². The number of hydrogen-bond acceptors (Lipinski definition) is 3. The van der Waals surface area contributed by atoms with Crippen molar-refractivity contribution in [3.05, 3.63) is 53.1 Å². The first kappa shape index (κ1) is 21.1. The first-order chi connectivity index (χ1) is 16.4. The van der Waals surface area contributed by atoms with Crippen molar-refractivity contribution >= 4 is 5.91 Å². The van der Waals surface area contributed by atoms with Gasteiger partial charge in [0.2, 0.25) is 0 Å². The summed E-state index contributed by atoms with van der Waals surface area (Å²) in [4.78, 5) is 15.2. The number of carbonyl (C=O) groups is 1. The van der Waals surface area contributed by atoms with Crippen LogP contribution in [0.4, 0.5) is 8.78 Å². The summed E-state index contributed by atoms with van der Waals surface area (Å²) in [6.45, 7) is 1.41. The number of piperidine rings is 1. The Kier molecular flexibility index (Phi) is 4.30. The standard InChI is InChI=1S/C28H32F2N2O2/c1-34-20-8-7-17-13-23-26-10-9-22-24(18(15-26)16-31-22)27(26,21(17)14-20)11-12-32(23)25(33)28(29,30)19-5-3-2-4-6-19/h3,5-8,14,18,22-24,31H,2,4,9-13,15-16H2,1H3/t18-,22?,23?,24?,26?,27?/m0/s1. The number of alkyl halides is 2. The Hall–Kier alpha value is -2.21. The highest BCUT2D eigenvalue weighted by Gasteiger charge is 2.75. The quantitative estimate of drug-likeness (QED) is 0.719. The summed E-state index contributed by atoms with van der Waals surface area (Å²) in [6.07, 6.45) is 10.6. The number of amides is 1. The topological polar surface area (TPSA) is 41.6 Å². The molecule has 6 heteroatoms. The number of hydrogen-bond donors (Lipinski definition) is 1. The van der Waals surface area contributed by atoms with Gasteiger partial charge >= 0.3 is 5.92 Å². The molecular formula is C28H32F2N2O2. The fourth-order valence-corrected chi connectivity index (χ4v) is 9.36. The van der Waals surface area contributed by atoms with Gasteiger partial charge < -0.3 is 15.0 Å². The van der Waals surface area contributed by atoms with E-state index in [9.17, 15) is 4.79 Å². The van der Waals surface area contributed by atoms with Gasteiger partial charge in [0, 0.05) is 35.0 Å². The molecule has 4 aliphatic carbocycles. The van der Waals surface area contributed by atoms with Crippen LogP contribution in [0.5, 0.6) is 5.75 Å². The zero-order valence-corrected chi connectivity index (χ0v) is 19.7. The lowest BCUT2D eigenvalue weighted by Crippen LogP contribution is -2.71. The van der Waals surface area contributed by atoms with Crippen molar-refractivity contribution in [1.29, 1.82) is 0 Å². The molecule has 2 aliphatic heterocycles. The van der Waals surface area contributed by atoms with E-state index in [2.05, 4.69) is 17.4 Å². The highest BCUT2D eigenvalue weighted by atomic mass is 19.3. The lowest BCUT2D eigenvalue weighted by Gasteiger charge is -2.66. The summed E-state index contributed by atoms with van der Waals surface area (Å²) in [5.41, 5.74) is 2.27. The number of rotatable bonds is 3. The van der Waals surface area contributed by atoms with Gasteiger partial charge in [-0.25, -0.2) is 0 Å². The second kappa shape index (κ2) is 6.93. The number of fused-ring (bicyclic) bond motifs is 1. The predicted molar refractivity (Wildman–Crippen MR) is 125 cm³/mol. The molecule has 5 unspecified atom stereocenters. The van der Waals surface area contributed by atoms with Crippen LogP contribution in [-0.2, 0) is 16.6 Å². The van der Waals surface area contributed by atoms with Crippen molar-refractivity contribution in [2.75, 3.05) is 20.2 Å². The number of allylic oxidation sites excluding steroid dienone is 3. The third-order valence-corrected chi connectivity index (χ3v) is 10.4. The molecule has 1 aromatic carbocycles. The molecule has 4 fully saturated rings. The van der Waals surface area contributed by atoms with Crippen LogP contribution in [0.3, 0.4) is 0 Å². The highest BCUT2D eigenvalue weighted by molar-refractivity contribution is 5.88. The normalized spacial score (nSPS) is 39.4. The molecule has 0 radical (unpaired) electrons. The molecule has 4 bridgehead atoms. The Morgan fingerprint density at radius 1 is 1.26 bits per heavy atom. The summed E-state index contributed by atoms with van der Waals surface area (Å²) in [5.74, 6) is -2.54. The maximum absolute atomic E-state index is 15.6. The van der Waals surface area contributed by atoms with Gasteiger partial charge in [-0.15, -0.1) is 0 Å². The van der Waals surface area contributed by atoms with Gasteiger partial charge in [0.15, 0.2) is 0 Å². The van der Waals surface area contributed by atoms with E-state index in [0.717, 1.165) is 44.4 Å². The van der Waals surface area contributed by atoms with E-state index >= 15 is 8.78 Å². The van der Waals surface area contributed by atoms with Crippen molar-refractivity contribution in [2.45, 2.75) is 68.4 Å². The van der Waals surface area contributed by atoms with Gasteiger partial charge in [0.05, 0.1) is 7.11 Å². The molecular weight excluding hydrogens is 434 g/mol. The monoisotopic (exact) mass is 466 g/mol. The molecule has 0 aromatic heterocycles. The molecule has 6 aliphatic rings. The molecule has 1 N–H and O–H groups in total. The van der Waals surface area contributed by atoms with Gasteiger partial charge in [0.25, 0.3) is 5.91 Å². The second-order valence-corrected chi connectivity index (χ2v) is 11.4. The molecule has 7 rings (SSSR count). The second-order valence-electron chi connectivity index (χ2n) is 11.4. The van der Waals surface area contributed by atoms with Crippen molar-refractivity contribution in [2.24, 2.45) is 17.3 Å². The van der Waals surface area contributed by atoms with Gasteiger partial charge in [-0.2, -0.15) is 8.78 Å². The molecule has 34 heavy (non-hydrogen) atoms. The number of nitrogens with zero attached hydrogens (tertiary/aromatic N) is 1. The van der Waals surface area contributed by atoms with Crippen LogP contribution in [0.1, 0.15) is 49.7 Å². The first-order valence-corrected chi connectivity index (χ1v) is 12.9. The summed E-state index contributed by atoms with van der Waals surface area (Å²) in [7, 11) is 1.71. The van der Waals surface area contributed by atoms with E-state index in [4.69, 9.17) is 4.74 Å². The zero-order chi connectivity index (χ0) is 23.3. The Balaban J connectivity index is 1.36. The van der Waals surface area contributed by atoms with E-state index in [0.29, 0.717) is 37.3 Å². The van der Waals surface area contributed by atoms with Crippen LogP contribution >= 0.6 is 0 Å². The number of ether oxygens (including phenoxy) is 1. The summed E-state index contributed by atoms with van der Waals surface area (Å²) >= 11 is 0. The molecule has 180 valence electrons. The van der Waals surface area contributed by atoms with Crippen LogP contribution in [0.15, 0.2) is 42.0 Å². The summed E-state index contributed by atoms with van der Waals surface area (Å²) in [6, 6.07) is 6.66. The van der Waals surface area contributed by atoms with Gasteiger partial charge in [0.1, 0.15) is 5.75 Å². The number of benzene rings is 1. The lowest BCUT2D eigenvalue weighted by atomic mass is 9.43. The number of carbonyl (C=O) groups excluding carboxylic acids is 1. The maximum Gasteiger partial charge on any atom is 0.349 e. The van der Waals surface area contributed by atoms with Crippen LogP contribution in [0.25, 0.3) is 0 Å². The lowest BCUT2D eigenvalue weighted by molar-refractivity contribution is -0.170. The largest absolute Gasteiger partial charge is 0.497 e. The Morgan fingerprint density at radius 2 is 2.15 bits per heavy atom. The minimum Gasteiger partial charge on any atom is -0.497 e. The number of methoxy groups -OCH3 is 1. The molecule has 0 spiro atoms. The van der Waals surface area contributed by atoms with Crippen LogP contribution in [0.2, 0.25) is 0 Å². The average molecular weight is 467 g/mol. The van der Waals surface area contributed by atoms with Crippen molar-refractivity contribution in [3.63, 3.8) is 0 Å². The minimum atomic E-state index is -3.47. The first-order valence-electron chi connectivity index (χ1n) is 12.9. The third-order valence-electron chi connectivity index (χ3n) is 10.4. The molecule has 6 atom stereocenters. The Bertz CT molecular complexity index is 1130. The molecule has 2 saturated carbocycles. The van der Waals surface area contributed by atoms with Gasteiger partial charge in [-0.1, -0.05) is 24.3 Å². The molecule has 1 aromatic rings. The third kappa shape index (κ3) is 2.38. The SMILES string of the molecule is COc1ccc2c(c1)C13CCN(C(=O)C(F)(F)C4=CCCC=C4)C(C2)C12CCC1NC[C@H](C2)C13. The van der Waals surface area contributed by atoms with Crippen molar-refractivity contribution < 1.29 is 18.3 Å². The van der Waals surface area contributed by atoms with Crippen molar-refractivity contribution in [1.82, 2.24) is 10.2 Å². The molecule has 1 amide bonds. The van der Waals surface area contributed by atoms with Crippen LogP contribution in [-0.4, -0.2) is 49.0 Å². The smallest absolute Gasteiger partial charge is 0.349 e. The predicted octanol–water partition coefficient (Wildman–Crippen LogP) is 4.39. The number of likely N-dealkylation sites (tertiary alicyclic amines) is 1. The molecule has 2 saturated heterocycles. The Labute approximate surface area is 199 Å². The zero-order valence-electron chi connectivity index (χ0n) is 19.7. The average Bonchev–Trinajstić information content (AvgIpc) is 3.34. The maximum atomic E-state index is 15.6.